The highest BCUT2D eigenvalue weighted by Gasteiger charge is 2.30. The molecular weight excluding hydrogens is 336 g/mol. The molecule has 2 rings (SSSR count). The Hall–Kier alpha value is -1.73. The molecule has 1 aromatic carbocycles. The summed E-state index contributed by atoms with van der Waals surface area (Å²) in [5.74, 6) is 0.825. The number of halogens is 1. The molecular formula is C14H17BrN4O2. The van der Waals surface area contributed by atoms with Crippen LogP contribution in [0.5, 0.6) is 0 Å². The van der Waals surface area contributed by atoms with Crippen molar-refractivity contribution < 1.29 is 9.32 Å². The fourth-order valence-corrected chi connectivity index (χ4v) is 2.10. The predicted molar refractivity (Wildman–Crippen MR) is 81.4 cm³/mol. The van der Waals surface area contributed by atoms with Crippen molar-refractivity contribution in [1.29, 1.82) is 0 Å². The summed E-state index contributed by atoms with van der Waals surface area (Å²) in [7, 11) is 0. The van der Waals surface area contributed by atoms with Gasteiger partial charge in [-0.05, 0) is 31.5 Å². The van der Waals surface area contributed by atoms with Gasteiger partial charge >= 0.3 is 0 Å². The minimum atomic E-state index is -1.09. The highest BCUT2D eigenvalue weighted by atomic mass is 79.9. The molecule has 0 radical (unpaired) electrons. The van der Waals surface area contributed by atoms with Gasteiger partial charge in [-0.15, -0.1) is 0 Å². The van der Waals surface area contributed by atoms with Crippen LogP contribution >= 0.6 is 15.9 Å². The van der Waals surface area contributed by atoms with Crippen molar-refractivity contribution >= 4 is 21.8 Å². The van der Waals surface area contributed by atoms with Gasteiger partial charge < -0.3 is 15.6 Å². The molecule has 21 heavy (non-hydrogen) atoms. The summed E-state index contributed by atoms with van der Waals surface area (Å²) in [5.41, 5.74) is 5.79. The van der Waals surface area contributed by atoms with E-state index < -0.39 is 5.54 Å². The lowest BCUT2D eigenvalue weighted by Crippen LogP contribution is -2.49. The Labute approximate surface area is 131 Å². The fraction of sp³-hybridized carbons (Fsp3) is 0.357. The first-order valence-corrected chi connectivity index (χ1v) is 7.31. The van der Waals surface area contributed by atoms with Gasteiger partial charge in [-0.2, -0.15) is 4.98 Å². The summed E-state index contributed by atoms with van der Waals surface area (Å²) < 4.78 is 5.92. The molecule has 6 nitrogen and oxygen atoms in total. The van der Waals surface area contributed by atoms with Crippen molar-refractivity contribution in [3.8, 4) is 0 Å². The van der Waals surface area contributed by atoms with Gasteiger partial charge in [-0.3, -0.25) is 4.79 Å². The topological polar surface area (TPSA) is 94.0 Å². The number of nitrogens with one attached hydrogen (secondary N) is 1. The van der Waals surface area contributed by atoms with Gasteiger partial charge in [0.05, 0.1) is 0 Å². The van der Waals surface area contributed by atoms with E-state index in [0.29, 0.717) is 24.7 Å². The molecule has 0 aliphatic rings. The Kier molecular flexibility index (Phi) is 4.74. The predicted octanol–water partition coefficient (Wildman–Crippen LogP) is 1.67. The summed E-state index contributed by atoms with van der Waals surface area (Å²) in [6, 6.07) is 7.36. The third-order valence-corrected chi connectivity index (χ3v) is 3.64. The molecule has 2 aromatic rings. The summed E-state index contributed by atoms with van der Waals surface area (Å²) >= 11 is 3.35. The second-order valence-corrected chi connectivity index (χ2v) is 5.87. The molecule has 3 N–H and O–H groups in total. The van der Waals surface area contributed by atoms with Crippen molar-refractivity contribution in [2.45, 2.75) is 25.8 Å². The molecule has 0 bridgehead atoms. The first-order chi connectivity index (χ1) is 9.89. The third kappa shape index (κ3) is 3.89. The zero-order valence-corrected chi connectivity index (χ0v) is 13.5. The van der Waals surface area contributed by atoms with Crippen LogP contribution in [-0.4, -0.2) is 22.6 Å². The molecule has 1 amide bonds. The summed E-state index contributed by atoms with van der Waals surface area (Å²) in [6.45, 7) is 3.82. The lowest BCUT2D eigenvalue weighted by molar-refractivity contribution is -0.126. The molecule has 0 fully saturated rings. The largest absolute Gasteiger partial charge is 0.354 e. The van der Waals surface area contributed by atoms with Crippen molar-refractivity contribution in [2.75, 3.05) is 6.54 Å². The maximum Gasteiger partial charge on any atom is 0.244 e. The number of carbonyl (C=O) groups excluding carboxylic acids is 1. The number of rotatable bonds is 5. The van der Waals surface area contributed by atoms with E-state index in [1.54, 1.807) is 13.8 Å². The number of benzene rings is 1. The number of nitrogens with two attached hydrogens (primary N) is 1. The van der Waals surface area contributed by atoms with Crippen LogP contribution in [0.2, 0.25) is 0 Å². The molecule has 112 valence electrons. The molecule has 1 unspecified atom stereocenters. The Bertz CT molecular complexity index is 622. The minimum absolute atomic E-state index is 0.249. The van der Waals surface area contributed by atoms with Gasteiger partial charge in [0.25, 0.3) is 0 Å². The van der Waals surface area contributed by atoms with Crippen LogP contribution < -0.4 is 11.1 Å². The van der Waals surface area contributed by atoms with Crippen LogP contribution in [0.15, 0.2) is 33.3 Å². The average molecular weight is 353 g/mol. The first kappa shape index (κ1) is 15.7. The number of nitrogens with zero attached hydrogens (tertiary/aromatic N) is 2. The molecule has 0 aliphatic carbocycles. The normalized spacial score (nSPS) is 13.7. The van der Waals surface area contributed by atoms with Gasteiger partial charge in [0.2, 0.25) is 11.8 Å². The SMILES string of the molecule is Cc1noc(CCNC(=O)C(C)(N)c2ccc(Br)cc2)n1. The smallest absolute Gasteiger partial charge is 0.244 e. The second-order valence-electron chi connectivity index (χ2n) is 4.95. The number of carbonyl (C=O) groups is 1. The van der Waals surface area contributed by atoms with Crippen LogP contribution in [0, 0.1) is 6.92 Å². The van der Waals surface area contributed by atoms with Crippen molar-refractivity contribution in [2.24, 2.45) is 5.73 Å². The van der Waals surface area contributed by atoms with E-state index in [1.807, 2.05) is 24.3 Å². The van der Waals surface area contributed by atoms with Crippen LogP contribution in [-0.2, 0) is 16.8 Å². The van der Waals surface area contributed by atoms with E-state index in [-0.39, 0.29) is 5.91 Å². The third-order valence-electron chi connectivity index (χ3n) is 3.11. The Balaban J connectivity index is 1.93. The van der Waals surface area contributed by atoms with Crippen LogP contribution in [0.3, 0.4) is 0 Å². The van der Waals surface area contributed by atoms with E-state index >= 15 is 0 Å². The lowest BCUT2D eigenvalue weighted by Gasteiger charge is -2.24. The monoisotopic (exact) mass is 352 g/mol. The van der Waals surface area contributed by atoms with Crippen LogP contribution in [0.4, 0.5) is 0 Å². The zero-order chi connectivity index (χ0) is 15.5. The van der Waals surface area contributed by atoms with E-state index in [1.165, 1.54) is 0 Å². The molecule has 0 saturated heterocycles. The summed E-state index contributed by atoms with van der Waals surface area (Å²) in [5, 5.41) is 6.48. The fourth-order valence-electron chi connectivity index (χ4n) is 1.84. The highest BCUT2D eigenvalue weighted by Crippen LogP contribution is 2.20. The van der Waals surface area contributed by atoms with Gasteiger partial charge in [0.15, 0.2) is 5.82 Å². The van der Waals surface area contributed by atoms with Gasteiger partial charge in [0.1, 0.15) is 5.54 Å². The van der Waals surface area contributed by atoms with Crippen molar-refractivity contribution in [3.63, 3.8) is 0 Å². The average Bonchev–Trinajstić information content (AvgIpc) is 2.85. The second kappa shape index (κ2) is 6.36. The van der Waals surface area contributed by atoms with Gasteiger partial charge in [-0.1, -0.05) is 33.2 Å². The zero-order valence-electron chi connectivity index (χ0n) is 11.9. The Morgan fingerprint density at radius 3 is 2.67 bits per heavy atom. The standard InChI is InChI=1S/C14H17BrN4O2/c1-9-18-12(21-19-9)7-8-17-13(20)14(2,16)10-3-5-11(15)6-4-10/h3-6H,7-8,16H2,1-2H3,(H,17,20). The molecule has 0 spiro atoms. The molecule has 1 heterocycles. The van der Waals surface area contributed by atoms with Crippen molar-refractivity contribution in [3.05, 3.63) is 46.0 Å². The van der Waals surface area contributed by atoms with Crippen LogP contribution in [0.25, 0.3) is 0 Å². The number of hydrogen-bond donors (Lipinski definition) is 2. The Morgan fingerprint density at radius 2 is 2.10 bits per heavy atom. The first-order valence-electron chi connectivity index (χ1n) is 6.52. The number of amides is 1. The van der Waals surface area contributed by atoms with Gasteiger partial charge in [0, 0.05) is 17.4 Å². The molecule has 1 aromatic heterocycles. The number of hydrogen-bond acceptors (Lipinski definition) is 5. The molecule has 1 atom stereocenters. The maximum absolute atomic E-state index is 12.2. The van der Waals surface area contributed by atoms with Crippen molar-refractivity contribution in [1.82, 2.24) is 15.5 Å². The highest BCUT2D eigenvalue weighted by molar-refractivity contribution is 9.10. The van der Waals surface area contributed by atoms with E-state index in [4.69, 9.17) is 10.3 Å². The quantitative estimate of drug-likeness (QED) is 0.853. The lowest BCUT2D eigenvalue weighted by atomic mass is 9.92. The number of aromatic nitrogens is 2. The molecule has 0 saturated carbocycles. The summed E-state index contributed by atoms with van der Waals surface area (Å²) in [4.78, 5) is 16.3. The van der Waals surface area contributed by atoms with E-state index in [9.17, 15) is 4.79 Å². The minimum Gasteiger partial charge on any atom is -0.354 e. The van der Waals surface area contributed by atoms with E-state index in [0.717, 1.165) is 10.0 Å². The maximum atomic E-state index is 12.2. The van der Waals surface area contributed by atoms with E-state index in [2.05, 4.69) is 31.4 Å². The summed E-state index contributed by atoms with van der Waals surface area (Å²) in [6.07, 6.45) is 0.475. The molecule has 0 aliphatic heterocycles. The van der Waals surface area contributed by atoms with Gasteiger partial charge in [-0.25, -0.2) is 0 Å². The van der Waals surface area contributed by atoms with Crippen LogP contribution in [0.1, 0.15) is 24.2 Å². The Morgan fingerprint density at radius 1 is 1.43 bits per heavy atom. The number of aryl methyl sites for hydroxylation is 1. The molecule has 7 heteroatoms.